The van der Waals surface area contributed by atoms with E-state index >= 15 is 0 Å². The third-order valence-corrected chi connectivity index (χ3v) is 9.39. The van der Waals surface area contributed by atoms with Crippen LogP contribution in [0.25, 0.3) is 0 Å². The fourth-order valence-corrected chi connectivity index (χ4v) is 6.06. The van der Waals surface area contributed by atoms with E-state index in [-0.39, 0.29) is 23.8 Å². The first kappa shape index (κ1) is 43.9. The van der Waals surface area contributed by atoms with Crippen molar-refractivity contribution < 1.29 is 24.2 Å². The van der Waals surface area contributed by atoms with Crippen LogP contribution in [0.5, 0.6) is 0 Å². The summed E-state index contributed by atoms with van der Waals surface area (Å²) in [6.45, 7) is 15.6. The smallest absolute Gasteiger partial charge is 0.308 e. The minimum absolute atomic E-state index is 0.00990. The molecule has 0 aliphatic heterocycles. The molecule has 0 saturated carbocycles. The van der Waals surface area contributed by atoms with Crippen LogP contribution in [0.3, 0.4) is 0 Å². The van der Waals surface area contributed by atoms with Crippen LogP contribution in [0, 0.1) is 17.8 Å². The maximum absolute atomic E-state index is 12.3. The van der Waals surface area contributed by atoms with Gasteiger partial charge in [0.1, 0.15) is 0 Å². The Labute approximate surface area is 280 Å². The van der Waals surface area contributed by atoms with Gasteiger partial charge in [-0.15, -0.1) is 0 Å². The second kappa shape index (κ2) is 32.8. The predicted molar refractivity (Wildman–Crippen MR) is 190 cm³/mol. The Hall–Kier alpha value is -1.14. The highest BCUT2D eigenvalue weighted by Crippen LogP contribution is 2.18. The van der Waals surface area contributed by atoms with Crippen LogP contribution in [0.1, 0.15) is 182 Å². The van der Waals surface area contributed by atoms with Gasteiger partial charge in [0.2, 0.25) is 0 Å². The molecule has 0 radical (unpaired) electrons. The molecule has 6 heteroatoms. The predicted octanol–water partition coefficient (Wildman–Crippen LogP) is 10.3. The van der Waals surface area contributed by atoms with Gasteiger partial charge < -0.3 is 19.5 Å². The summed E-state index contributed by atoms with van der Waals surface area (Å²) in [6.07, 6.45) is 26.0. The molecule has 0 bridgehead atoms. The topological polar surface area (TPSA) is 76.1 Å². The lowest BCUT2D eigenvalue weighted by molar-refractivity contribution is -0.150. The van der Waals surface area contributed by atoms with Crippen molar-refractivity contribution in [2.45, 2.75) is 182 Å². The molecule has 0 spiro atoms. The molecular weight excluding hydrogens is 562 g/mol. The third kappa shape index (κ3) is 26.6. The lowest BCUT2D eigenvalue weighted by atomic mass is 9.99. The normalized spacial score (nSPS) is 13.6. The van der Waals surface area contributed by atoms with E-state index in [0.717, 1.165) is 90.0 Å². The Bertz CT molecular complexity index is 657. The highest BCUT2D eigenvalue weighted by Gasteiger charge is 2.18. The highest BCUT2D eigenvalue weighted by molar-refractivity contribution is 5.72. The monoisotopic (exact) mass is 640 g/mol. The SMILES string of the molecule is CCCCC(CC)C(=O)OCCCCCCCCCN(CCCCO)CCCCCCCC(C)COC(=O)C(CC)CCCC. The molecule has 0 heterocycles. The summed E-state index contributed by atoms with van der Waals surface area (Å²) in [4.78, 5) is 27.2. The summed E-state index contributed by atoms with van der Waals surface area (Å²) in [5, 5.41) is 9.22. The van der Waals surface area contributed by atoms with Gasteiger partial charge >= 0.3 is 11.9 Å². The minimum atomic E-state index is 0.00990. The van der Waals surface area contributed by atoms with Crippen molar-refractivity contribution in [3.63, 3.8) is 0 Å². The Morgan fingerprint density at radius 1 is 0.556 bits per heavy atom. The summed E-state index contributed by atoms with van der Waals surface area (Å²) in [6, 6.07) is 0. The zero-order valence-electron chi connectivity index (χ0n) is 30.8. The van der Waals surface area contributed by atoms with E-state index < -0.39 is 0 Å². The van der Waals surface area contributed by atoms with E-state index in [1.54, 1.807) is 0 Å². The number of rotatable bonds is 34. The van der Waals surface area contributed by atoms with E-state index in [2.05, 4.69) is 39.5 Å². The number of nitrogens with zero attached hydrogens (tertiary/aromatic N) is 1. The van der Waals surface area contributed by atoms with Gasteiger partial charge in [0.15, 0.2) is 0 Å². The van der Waals surface area contributed by atoms with Gasteiger partial charge in [0, 0.05) is 6.61 Å². The zero-order chi connectivity index (χ0) is 33.4. The summed E-state index contributed by atoms with van der Waals surface area (Å²) in [5.74, 6) is 0.633. The van der Waals surface area contributed by atoms with E-state index in [4.69, 9.17) is 9.47 Å². The molecule has 6 nitrogen and oxygen atoms in total. The fourth-order valence-electron chi connectivity index (χ4n) is 6.06. The molecule has 0 aromatic carbocycles. The number of esters is 2. The molecule has 268 valence electrons. The molecule has 0 amide bonds. The molecule has 0 saturated heterocycles. The van der Waals surface area contributed by atoms with E-state index in [1.807, 2.05) is 0 Å². The van der Waals surface area contributed by atoms with Crippen molar-refractivity contribution in [3.05, 3.63) is 0 Å². The number of aliphatic hydroxyl groups excluding tert-OH is 1. The largest absolute Gasteiger partial charge is 0.465 e. The van der Waals surface area contributed by atoms with Gasteiger partial charge in [0.05, 0.1) is 25.0 Å². The number of unbranched alkanes of at least 4 members (excludes halogenated alkanes) is 13. The number of hydrogen-bond acceptors (Lipinski definition) is 6. The van der Waals surface area contributed by atoms with Crippen molar-refractivity contribution in [3.8, 4) is 0 Å². The Kier molecular flexibility index (Phi) is 32.0. The molecule has 0 aromatic rings. The quantitative estimate of drug-likeness (QED) is 0.0558. The van der Waals surface area contributed by atoms with Crippen molar-refractivity contribution >= 4 is 11.9 Å². The molecule has 3 unspecified atom stereocenters. The molecule has 0 aliphatic rings. The van der Waals surface area contributed by atoms with Crippen molar-refractivity contribution in [1.29, 1.82) is 0 Å². The van der Waals surface area contributed by atoms with Crippen LogP contribution >= 0.6 is 0 Å². The zero-order valence-corrected chi connectivity index (χ0v) is 30.8. The molecule has 45 heavy (non-hydrogen) atoms. The van der Waals surface area contributed by atoms with E-state index in [0.29, 0.717) is 25.7 Å². The van der Waals surface area contributed by atoms with Gasteiger partial charge in [-0.1, -0.05) is 118 Å². The second-order valence-corrected chi connectivity index (χ2v) is 13.7. The average Bonchev–Trinajstić information content (AvgIpc) is 3.04. The Morgan fingerprint density at radius 2 is 1.00 bits per heavy atom. The number of aliphatic hydroxyl groups is 1. The van der Waals surface area contributed by atoms with Gasteiger partial charge in [-0.05, 0) is 89.8 Å². The average molecular weight is 640 g/mol. The van der Waals surface area contributed by atoms with Crippen LogP contribution in [0.15, 0.2) is 0 Å². The molecule has 0 rings (SSSR count). The number of carbonyl (C=O) groups is 2. The van der Waals surface area contributed by atoms with Crippen LogP contribution in [-0.2, 0) is 19.1 Å². The summed E-state index contributed by atoms with van der Waals surface area (Å²) in [7, 11) is 0. The maximum atomic E-state index is 12.3. The molecular formula is C39H77NO5. The van der Waals surface area contributed by atoms with Crippen molar-refractivity contribution in [2.24, 2.45) is 17.8 Å². The summed E-state index contributed by atoms with van der Waals surface area (Å²) < 4.78 is 11.2. The lowest BCUT2D eigenvalue weighted by Gasteiger charge is -2.22. The molecule has 0 fully saturated rings. The van der Waals surface area contributed by atoms with Gasteiger partial charge in [-0.25, -0.2) is 0 Å². The highest BCUT2D eigenvalue weighted by atomic mass is 16.5. The van der Waals surface area contributed by atoms with Crippen LogP contribution in [0.2, 0.25) is 0 Å². The maximum Gasteiger partial charge on any atom is 0.308 e. The second-order valence-electron chi connectivity index (χ2n) is 13.7. The van der Waals surface area contributed by atoms with Crippen LogP contribution in [-0.4, -0.2) is 61.4 Å². The molecule has 0 aliphatic carbocycles. The Balaban J connectivity index is 3.92. The summed E-state index contributed by atoms with van der Waals surface area (Å²) in [5.41, 5.74) is 0. The van der Waals surface area contributed by atoms with Gasteiger partial charge in [-0.3, -0.25) is 9.59 Å². The lowest BCUT2D eigenvalue weighted by Crippen LogP contribution is -2.27. The molecule has 0 aromatic heterocycles. The van der Waals surface area contributed by atoms with Crippen molar-refractivity contribution in [1.82, 2.24) is 4.90 Å². The molecule has 3 atom stereocenters. The molecule has 1 N–H and O–H groups in total. The first-order valence-corrected chi connectivity index (χ1v) is 19.6. The van der Waals surface area contributed by atoms with Crippen LogP contribution < -0.4 is 0 Å². The Morgan fingerprint density at radius 3 is 1.49 bits per heavy atom. The first-order valence-electron chi connectivity index (χ1n) is 19.6. The van der Waals surface area contributed by atoms with Gasteiger partial charge in [-0.2, -0.15) is 0 Å². The van der Waals surface area contributed by atoms with Gasteiger partial charge in [0.25, 0.3) is 0 Å². The van der Waals surface area contributed by atoms with E-state index in [9.17, 15) is 14.7 Å². The van der Waals surface area contributed by atoms with Crippen LogP contribution in [0.4, 0.5) is 0 Å². The van der Waals surface area contributed by atoms with Crippen molar-refractivity contribution in [2.75, 3.05) is 39.5 Å². The number of ether oxygens (including phenoxy) is 2. The standard InChI is InChI=1S/C39H77NO5/c1-6-10-27-36(8-3)38(42)44-33-25-19-14-12-13-17-21-29-40(31-23-24-32-41)30-22-18-15-16-20-26-35(5)34-45-39(43)37(9-4)28-11-7-2/h35-37,41H,6-34H2,1-5H3. The van der Waals surface area contributed by atoms with E-state index in [1.165, 1.54) is 77.3 Å². The number of carbonyl (C=O) groups excluding carboxylic acids is 2. The minimum Gasteiger partial charge on any atom is -0.465 e. The third-order valence-electron chi connectivity index (χ3n) is 9.39. The first-order chi connectivity index (χ1) is 21.9. The number of hydrogen-bond donors (Lipinski definition) is 1. The summed E-state index contributed by atoms with van der Waals surface area (Å²) >= 11 is 0. The fraction of sp³-hybridized carbons (Fsp3) is 0.949.